The van der Waals surface area contributed by atoms with Crippen molar-refractivity contribution in [3.05, 3.63) is 0 Å². The largest absolute Gasteiger partial charge is 0.359 e. The predicted octanol–water partition coefficient (Wildman–Crippen LogP) is 2.44. The zero-order valence-electron chi connectivity index (χ0n) is 9.55. The molecule has 2 heteroatoms. The highest BCUT2D eigenvalue weighted by Gasteiger charge is 2.19. The maximum Gasteiger partial charge on any atom is 0.222 e. The number of carbonyl (C=O) groups is 1. The molecule has 0 heterocycles. The second kappa shape index (κ2) is 6.01. The zero-order valence-corrected chi connectivity index (χ0v) is 9.55. The Labute approximate surface area is 82.1 Å². The fourth-order valence-corrected chi connectivity index (χ4v) is 1.65. The van der Waals surface area contributed by atoms with Crippen LogP contribution in [-0.4, -0.2) is 13.0 Å². The van der Waals surface area contributed by atoms with Gasteiger partial charge in [-0.25, -0.2) is 0 Å². The molecule has 0 spiro atoms. The van der Waals surface area contributed by atoms with Crippen LogP contribution in [0.3, 0.4) is 0 Å². The van der Waals surface area contributed by atoms with Crippen molar-refractivity contribution in [3.8, 4) is 0 Å². The molecule has 0 bridgehead atoms. The Kier molecular flexibility index (Phi) is 5.76. The third kappa shape index (κ3) is 5.67. The third-order valence-corrected chi connectivity index (χ3v) is 2.13. The van der Waals surface area contributed by atoms with Gasteiger partial charge in [0.2, 0.25) is 5.91 Å². The molecule has 0 aliphatic rings. The van der Waals surface area contributed by atoms with Gasteiger partial charge in [-0.3, -0.25) is 4.79 Å². The summed E-state index contributed by atoms with van der Waals surface area (Å²) in [7, 11) is 1.72. The van der Waals surface area contributed by atoms with E-state index in [0.717, 1.165) is 12.8 Å². The first-order chi connectivity index (χ1) is 5.97. The topological polar surface area (TPSA) is 29.1 Å². The highest BCUT2D eigenvalue weighted by molar-refractivity contribution is 5.78. The summed E-state index contributed by atoms with van der Waals surface area (Å²) in [5, 5.41) is 2.74. The van der Waals surface area contributed by atoms with Crippen LogP contribution >= 0.6 is 0 Å². The Morgan fingerprint density at radius 1 is 1.08 bits per heavy atom. The fraction of sp³-hybridized carbons (Fsp3) is 0.909. The Morgan fingerprint density at radius 3 is 1.69 bits per heavy atom. The van der Waals surface area contributed by atoms with Crippen LogP contribution in [0.1, 0.15) is 40.5 Å². The highest BCUT2D eigenvalue weighted by atomic mass is 16.1. The predicted molar refractivity (Wildman–Crippen MR) is 56.5 cm³/mol. The average Bonchev–Trinajstić information content (AvgIpc) is 2.00. The van der Waals surface area contributed by atoms with Gasteiger partial charge < -0.3 is 5.32 Å². The molecule has 0 saturated heterocycles. The van der Waals surface area contributed by atoms with Crippen LogP contribution in [0, 0.1) is 17.8 Å². The van der Waals surface area contributed by atoms with E-state index in [9.17, 15) is 4.79 Å². The van der Waals surface area contributed by atoms with Gasteiger partial charge in [0.25, 0.3) is 0 Å². The van der Waals surface area contributed by atoms with Gasteiger partial charge in [-0.2, -0.15) is 0 Å². The van der Waals surface area contributed by atoms with Gasteiger partial charge in [-0.15, -0.1) is 0 Å². The summed E-state index contributed by atoms with van der Waals surface area (Å²) in [6.45, 7) is 8.65. The second-order valence-electron chi connectivity index (χ2n) is 4.57. The molecule has 0 atom stereocenters. The molecule has 1 amide bonds. The van der Waals surface area contributed by atoms with Gasteiger partial charge in [-0.05, 0) is 24.7 Å². The van der Waals surface area contributed by atoms with Crippen molar-refractivity contribution < 1.29 is 4.79 Å². The zero-order chi connectivity index (χ0) is 10.4. The first-order valence-electron chi connectivity index (χ1n) is 5.19. The van der Waals surface area contributed by atoms with E-state index in [-0.39, 0.29) is 11.8 Å². The van der Waals surface area contributed by atoms with Crippen molar-refractivity contribution in [2.45, 2.75) is 40.5 Å². The van der Waals surface area contributed by atoms with Crippen LogP contribution in [0.5, 0.6) is 0 Å². The SMILES string of the molecule is CNC(=O)C(CC(C)C)CC(C)C. The van der Waals surface area contributed by atoms with Crippen molar-refractivity contribution in [1.29, 1.82) is 0 Å². The fourth-order valence-electron chi connectivity index (χ4n) is 1.65. The molecule has 13 heavy (non-hydrogen) atoms. The third-order valence-electron chi connectivity index (χ3n) is 2.13. The Hall–Kier alpha value is -0.530. The lowest BCUT2D eigenvalue weighted by molar-refractivity contribution is -0.125. The van der Waals surface area contributed by atoms with Crippen molar-refractivity contribution in [2.75, 3.05) is 7.05 Å². The summed E-state index contributed by atoms with van der Waals surface area (Å²) in [6.07, 6.45) is 2.00. The second-order valence-corrected chi connectivity index (χ2v) is 4.57. The lowest BCUT2D eigenvalue weighted by Gasteiger charge is -2.19. The van der Waals surface area contributed by atoms with E-state index >= 15 is 0 Å². The standard InChI is InChI=1S/C11H23NO/c1-8(2)6-10(7-9(3)4)11(13)12-5/h8-10H,6-7H2,1-5H3,(H,12,13). The molecule has 0 fully saturated rings. The van der Waals surface area contributed by atoms with Crippen LogP contribution in [0.2, 0.25) is 0 Å². The number of rotatable bonds is 5. The molecule has 0 rings (SSSR count). The van der Waals surface area contributed by atoms with E-state index in [4.69, 9.17) is 0 Å². The quantitative estimate of drug-likeness (QED) is 0.700. The normalized spacial score (nSPS) is 11.4. The van der Waals surface area contributed by atoms with E-state index in [0.29, 0.717) is 11.8 Å². The molecular formula is C11H23NO. The molecular weight excluding hydrogens is 162 g/mol. The molecule has 1 N–H and O–H groups in total. The minimum Gasteiger partial charge on any atom is -0.359 e. The van der Waals surface area contributed by atoms with Crippen molar-refractivity contribution in [3.63, 3.8) is 0 Å². The van der Waals surface area contributed by atoms with Crippen molar-refractivity contribution >= 4 is 5.91 Å². The van der Waals surface area contributed by atoms with Gasteiger partial charge in [0.15, 0.2) is 0 Å². The summed E-state index contributed by atoms with van der Waals surface area (Å²) in [6, 6.07) is 0. The Balaban J connectivity index is 4.10. The lowest BCUT2D eigenvalue weighted by Crippen LogP contribution is -2.29. The van der Waals surface area contributed by atoms with Crippen LogP contribution in [0.25, 0.3) is 0 Å². The van der Waals surface area contributed by atoms with Gasteiger partial charge in [-0.1, -0.05) is 27.7 Å². The van der Waals surface area contributed by atoms with Gasteiger partial charge in [0.05, 0.1) is 0 Å². The molecule has 78 valence electrons. The highest BCUT2D eigenvalue weighted by Crippen LogP contribution is 2.19. The number of nitrogens with one attached hydrogen (secondary N) is 1. The summed E-state index contributed by atoms with van der Waals surface area (Å²) >= 11 is 0. The Bertz CT molecular complexity index is 142. The number of amides is 1. The van der Waals surface area contributed by atoms with Gasteiger partial charge in [0.1, 0.15) is 0 Å². The van der Waals surface area contributed by atoms with Crippen LogP contribution < -0.4 is 5.32 Å². The molecule has 0 aromatic rings. The molecule has 0 aromatic heterocycles. The molecule has 0 saturated carbocycles. The monoisotopic (exact) mass is 185 g/mol. The van der Waals surface area contributed by atoms with E-state index in [1.165, 1.54) is 0 Å². The number of hydrogen-bond donors (Lipinski definition) is 1. The minimum atomic E-state index is 0.197. The number of hydrogen-bond acceptors (Lipinski definition) is 1. The molecule has 2 nitrogen and oxygen atoms in total. The Morgan fingerprint density at radius 2 is 1.46 bits per heavy atom. The van der Waals surface area contributed by atoms with Crippen molar-refractivity contribution in [2.24, 2.45) is 17.8 Å². The molecule has 0 radical (unpaired) electrons. The van der Waals surface area contributed by atoms with E-state index < -0.39 is 0 Å². The van der Waals surface area contributed by atoms with E-state index in [2.05, 4.69) is 33.0 Å². The first kappa shape index (κ1) is 12.5. The molecule has 0 unspecified atom stereocenters. The summed E-state index contributed by atoms with van der Waals surface area (Å²) < 4.78 is 0. The molecule has 0 aliphatic carbocycles. The number of carbonyl (C=O) groups excluding carboxylic acids is 1. The van der Waals surface area contributed by atoms with Crippen molar-refractivity contribution in [1.82, 2.24) is 5.32 Å². The molecule has 0 aliphatic heterocycles. The van der Waals surface area contributed by atoms with E-state index in [1.54, 1.807) is 7.05 Å². The van der Waals surface area contributed by atoms with Crippen LogP contribution in [0.4, 0.5) is 0 Å². The lowest BCUT2D eigenvalue weighted by atomic mass is 9.89. The minimum absolute atomic E-state index is 0.197. The van der Waals surface area contributed by atoms with E-state index in [1.807, 2.05) is 0 Å². The van der Waals surface area contributed by atoms with Gasteiger partial charge in [0, 0.05) is 13.0 Å². The summed E-state index contributed by atoms with van der Waals surface area (Å²) in [4.78, 5) is 11.5. The van der Waals surface area contributed by atoms with Gasteiger partial charge >= 0.3 is 0 Å². The summed E-state index contributed by atoms with van der Waals surface area (Å²) in [5.74, 6) is 1.59. The summed E-state index contributed by atoms with van der Waals surface area (Å²) in [5.41, 5.74) is 0. The van der Waals surface area contributed by atoms with Crippen LogP contribution in [0.15, 0.2) is 0 Å². The van der Waals surface area contributed by atoms with Crippen LogP contribution in [-0.2, 0) is 4.79 Å². The molecule has 0 aromatic carbocycles. The first-order valence-corrected chi connectivity index (χ1v) is 5.19. The maximum absolute atomic E-state index is 11.5. The smallest absolute Gasteiger partial charge is 0.222 e. The maximum atomic E-state index is 11.5. The average molecular weight is 185 g/mol.